The number of azide groups is 1. The lowest BCUT2D eigenvalue weighted by molar-refractivity contribution is -0.0560. The van der Waals surface area contributed by atoms with Gasteiger partial charge in [0.1, 0.15) is 0 Å². The lowest BCUT2D eigenvalue weighted by Crippen LogP contribution is -2.53. The molecule has 76 valence electrons. The van der Waals surface area contributed by atoms with Crippen LogP contribution in [0.1, 0.15) is 45.4 Å². The van der Waals surface area contributed by atoms with Gasteiger partial charge in [-0.2, -0.15) is 0 Å². The largest absolute Gasteiger partial charge is 0.0872 e. The quantitative estimate of drug-likeness (QED) is 0.345. The van der Waals surface area contributed by atoms with Crippen molar-refractivity contribution in [1.82, 2.24) is 0 Å². The van der Waals surface area contributed by atoms with Crippen molar-refractivity contribution in [1.29, 1.82) is 0 Å². The molecule has 0 aromatic carbocycles. The maximum Gasteiger partial charge on any atom is 0.0498 e. The molecule has 4 fully saturated rings. The summed E-state index contributed by atoms with van der Waals surface area (Å²) in [7, 11) is 0. The van der Waals surface area contributed by atoms with Crippen LogP contribution in [0.15, 0.2) is 5.11 Å². The minimum Gasteiger partial charge on any atom is -0.0872 e. The van der Waals surface area contributed by atoms with Gasteiger partial charge >= 0.3 is 0 Å². The van der Waals surface area contributed by atoms with Gasteiger partial charge in [-0.3, -0.25) is 0 Å². The molecule has 4 saturated carbocycles. The molecule has 4 bridgehead atoms. The molecule has 4 aliphatic rings. The fourth-order valence-corrected chi connectivity index (χ4v) is 4.88. The van der Waals surface area contributed by atoms with Crippen molar-refractivity contribution >= 4 is 0 Å². The first kappa shape index (κ1) is 8.60. The van der Waals surface area contributed by atoms with E-state index in [0.29, 0.717) is 5.41 Å². The Morgan fingerprint density at radius 1 is 1.21 bits per heavy atom. The van der Waals surface area contributed by atoms with Crippen molar-refractivity contribution in [3.8, 4) is 0 Å². The third kappa shape index (κ3) is 1.08. The highest BCUT2D eigenvalue weighted by molar-refractivity contribution is 5.10. The van der Waals surface area contributed by atoms with Gasteiger partial charge in [-0.05, 0) is 61.3 Å². The second-order valence-electron chi connectivity index (χ2n) is 6.19. The van der Waals surface area contributed by atoms with Crippen LogP contribution in [0.4, 0.5) is 0 Å². The smallest absolute Gasteiger partial charge is 0.0498 e. The lowest BCUT2D eigenvalue weighted by atomic mass is 9.48. The monoisotopic (exact) mass is 191 g/mol. The van der Waals surface area contributed by atoms with E-state index in [1.54, 1.807) is 0 Å². The van der Waals surface area contributed by atoms with Crippen molar-refractivity contribution in [3.63, 3.8) is 0 Å². The van der Waals surface area contributed by atoms with Crippen LogP contribution in [0.5, 0.6) is 0 Å². The molecule has 0 spiro atoms. The Morgan fingerprint density at radius 2 is 1.86 bits per heavy atom. The molecule has 4 rings (SSSR count). The highest BCUT2D eigenvalue weighted by Crippen LogP contribution is 2.62. The number of rotatable bonds is 1. The summed E-state index contributed by atoms with van der Waals surface area (Å²) in [5.41, 5.74) is 9.19. The third-order valence-electron chi connectivity index (χ3n) is 4.58. The Balaban J connectivity index is 2.00. The molecule has 0 aromatic rings. The van der Waals surface area contributed by atoms with Gasteiger partial charge in [0.2, 0.25) is 0 Å². The van der Waals surface area contributed by atoms with Gasteiger partial charge in [0.05, 0.1) is 0 Å². The standard InChI is InChI=1S/C11H17N3/c1-10-3-8-2-9(4-10)6-11(5-8,7-10)13-14-12/h8-9H,2-7H2,1H3/t8-,9+,10?,11?. The van der Waals surface area contributed by atoms with Crippen molar-refractivity contribution < 1.29 is 0 Å². The topological polar surface area (TPSA) is 48.8 Å². The molecule has 4 atom stereocenters. The summed E-state index contributed by atoms with van der Waals surface area (Å²) < 4.78 is 0. The lowest BCUT2D eigenvalue weighted by Gasteiger charge is -2.59. The summed E-state index contributed by atoms with van der Waals surface area (Å²) in [6.07, 6.45) is 7.65. The van der Waals surface area contributed by atoms with Crippen molar-refractivity contribution in [2.24, 2.45) is 22.4 Å². The zero-order valence-corrected chi connectivity index (χ0v) is 8.74. The average Bonchev–Trinajstić information content (AvgIpc) is 1.97. The van der Waals surface area contributed by atoms with Crippen LogP contribution in [0.2, 0.25) is 0 Å². The summed E-state index contributed by atoms with van der Waals surface area (Å²) in [5.74, 6) is 1.71. The minimum atomic E-state index is 0.0214. The molecule has 0 aliphatic heterocycles. The molecule has 0 N–H and O–H groups in total. The number of hydrogen-bond acceptors (Lipinski definition) is 1. The summed E-state index contributed by atoms with van der Waals surface area (Å²) in [4.78, 5) is 3.08. The van der Waals surface area contributed by atoms with Crippen molar-refractivity contribution in [2.75, 3.05) is 0 Å². The predicted molar refractivity (Wildman–Crippen MR) is 54.7 cm³/mol. The highest BCUT2D eigenvalue weighted by Gasteiger charge is 2.55. The Labute approximate surface area is 84.5 Å². The van der Waals surface area contributed by atoms with Crippen LogP contribution in [-0.2, 0) is 0 Å². The maximum atomic E-state index is 8.67. The Hall–Kier alpha value is -0.690. The van der Waals surface area contributed by atoms with E-state index in [1.165, 1.54) is 32.1 Å². The van der Waals surface area contributed by atoms with Crippen LogP contribution >= 0.6 is 0 Å². The van der Waals surface area contributed by atoms with E-state index < -0.39 is 0 Å². The van der Waals surface area contributed by atoms with Crippen LogP contribution in [0.25, 0.3) is 10.4 Å². The molecular weight excluding hydrogens is 174 g/mol. The molecule has 0 radical (unpaired) electrons. The zero-order chi connectivity index (χ0) is 9.81. The van der Waals surface area contributed by atoms with E-state index in [1.807, 2.05) is 0 Å². The van der Waals surface area contributed by atoms with Crippen LogP contribution in [0.3, 0.4) is 0 Å². The highest BCUT2D eigenvalue weighted by atomic mass is 15.2. The van der Waals surface area contributed by atoms with Crippen LogP contribution in [-0.4, -0.2) is 5.54 Å². The van der Waals surface area contributed by atoms with Crippen molar-refractivity contribution in [3.05, 3.63) is 10.4 Å². The number of nitrogens with zero attached hydrogens (tertiary/aromatic N) is 3. The van der Waals surface area contributed by atoms with Crippen LogP contribution < -0.4 is 0 Å². The molecule has 0 amide bonds. The first-order valence-electron chi connectivity index (χ1n) is 5.69. The molecule has 0 aromatic heterocycles. The Kier molecular flexibility index (Phi) is 1.51. The fraction of sp³-hybridized carbons (Fsp3) is 1.00. The third-order valence-corrected chi connectivity index (χ3v) is 4.58. The maximum absolute atomic E-state index is 8.67. The second-order valence-corrected chi connectivity index (χ2v) is 6.19. The summed E-state index contributed by atoms with van der Waals surface area (Å²) >= 11 is 0. The Morgan fingerprint density at radius 3 is 2.36 bits per heavy atom. The molecule has 0 heterocycles. The zero-order valence-electron chi connectivity index (χ0n) is 8.74. The minimum absolute atomic E-state index is 0.0214. The van der Waals surface area contributed by atoms with Gasteiger partial charge < -0.3 is 0 Å². The summed E-state index contributed by atoms with van der Waals surface area (Å²) in [6.45, 7) is 2.39. The SMILES string of the molecule is CC12C[C@H]3C[C@@H](C1)CC(N=[N+]=[N-])(C3)C2. The van der Waals surface area contributed by atoms with E-state index in [2.05, 4.69) is 16.9 Å². The van der Waals surface area contributed by atoms with Gasteiger partial charge in [0.25, 0.3) is 0 Å². The average molecular weight is 191 g/mol. The summed E-state index contributed by atoms with van der Waals surface area (Å²) in [6, 6.07) is 0. The molecule has 3 nitrogen and oxygen atoms in total. The fourth-order valence-electron chi connectivity index (χ4n) is 4.88. The van der Waals surface area contributed by atoms with E-state index >= 15 is 0 Å². The molecule has 14 heavy (non-hydrogen) atoms. The van der Waals surface area contributed by atoms with Crippen molar-refractivity contribution in [2.45, 2.75) is 51.0 Å². The molecule has 4 aliphatic carbocycles. The normalized spacial score (nSPS) is 54.4. The molecule has 0 saturated heterocycles. The van der Waals surface area contributed by atoms with Gasteiger partial charge in [-0.25, -0.2) is 0 Å². The molecule has 2 unspecified atom stereocenters. The van der Waals surface area contributed by atoms with Gasteiger partial charge in [-0.15, -0.1) is 0 Å². The predicted octanol–water partition coefficient (Wildman–Crippen LogP) is 3.66. The second kappa shape index (κ2) is 2.46. The van der Waals surface area contributed by atoms with Crippen LogP contribution in [0, 0.1) is 17.3 Å². The summed E-state index contributed by atoms with van der Waals surface area (Å²) in [5, 5.41) is 4.14. The van der Waals surface area contributed by atoms with E-state index in [-0.39, 0.29) is 5.54 Å². The van der Waals surface area contributed by atoms with Gasteiger partial charge in [-0.1, -0.05) is 12.0 Å². The van der Waals surface area contributed by atoms with E-state index in [9.17, 15) is 0 Å². The van der Waals surface area contributed by atoms with Gasteiger partial charge in [0.15, 0.2) is 0 Å². The first-order valence-corrected chi connectivity index (χ1v) is 5.69. The van der Waals surface area contributed by atoms with Gasteiger partial charge in [0, 0.05) is 10.5 Å². The molecule has 3 heteroatoms. The van der Waals surface area contributed by atoms with E-state index in [0.717, 1.165) is 18.3 Å². The molecular formula is C11H17N3. The van der Waals surface area contributed by atoms with E-state index in [4.69, 9.17) is 5.53 Å². The first-order chi connectivity index (χ1) is 6.63. The Bertz CT molecular complexity index is 302. The number of hydrogen-bond donors (Lipinski definition) is 0.